The van der Waals surface area contributed by atoms with Gasteiger partial charge in [-0.15, -0.1) is 0 Å². The number of halogens is 1. The molecule has 200 valence electrons. The van der Waals surface area contributed by atoms with E-state index in [1.54, 1.807) is 18.4 Å². The maximum Gasteiger partial charge on any atom is 0.338 e. The number of aromatic nitrogens is 1. The van der Waals surface area contributed by atoms with E-state index in [0.717, 1.165) is 20.3 Å². The number of hydrogen-bond acceptors (Lipinski definition) is 7. The number of benzene rings is 2. The van der Waals surface area contributed by atoms with E-state index in [4.69, 9.17) is 14.2 Å². The second kappa shape index (κ2) is 11.9. The predicted molar refractivity (Wildman–Crippen MR) is 158 cm³/mol. The molecule has 1 aliphatic rings. The van der Waals surface area contributed by atoms with Crippen molar-refractivity contribution in [1.82, 2.24) is 4.57 Å². The summed E-state index contributed by atoms with van der Waals surface area (Å²) in [5.74, 6) is 0.852. The average Bonchev–Trinajstić information content (AvgIpc) is 3.15. The first-order chi connectivity index (χ1) is 18.1. The van der Waals surface area contributed by atoms with E-state index in [-0.39, 0.29) is 18.3 Å². The molecule has 4 rings (SSSR count). The SMILES string of the molecule is CCOC(=O)C1=C(C)N=c2sc(=Cc3cc(I)c(OC(C)C)c(OCC)c3)c(=O)n2C1c1ccc(C)cc1. The van der Waals surface area contributed by atoms with Crippen LogP contribution in [0.2, 0.25) is 0 Å². The van der Waals surface area contributed by atoms with Crippen LogP contribution in [0.4, 0.5) is 0 Å². The molecule has 0 radical (unpaired) electrons. The summed E-state index contributed by atoms with van der Waals surface area (Å²) < 4.78 is 20.2. The van der Waals surface area contributed by atoms with Gasteiger partial charge in [-0.2, -0.15) is 0 Å². The first-order valence-corrected chi connectivity index (χ1v) is 14.4. The van der Waals surface area contributed by atoms with Gasteiger partial charge in [0, 0.05) is 0 Å². The van der Waals surface area contributed by atoms with Crippen molar-refractivity contribution in [2.75, 3.05) is 13.2 Å². The zero-order valence-electron chi connectivity index (χ0n) is 22.3. The van der Waals surface area contributed by atoms with Crippen molar-refractivity contribution in [2.24, 2.45) is 4.99 Å². The van der Waals surface area contributed by atoms with Crippen LogP contribution >= 0.6 is 33.9 Å². The molecule has 1 aromatic heterocycles. The summed E-state index contributed by atoms with van der Waals surface area (Å²) in [5, 5.41) is 0. The fourth-order valence-corrected chi connectivity index (χ4v) is 6.09. The lowest BCUT2D eigenvalue weighted by Crippen LogP contribution is -2.39. The minimum absolute atomic E-state index is 0.00382. The van der Waals surface area contributed by atoms with Crippen molar-refractivity contribution in [1.29, 1.82) is 0 Å². The average molecular weight is 647 g/mol. The van der Waals surface area contributed by atoms with E-state index in [2.05, 4.69) is 27.6 Å². The quantitative estimate of drug-likeness (QED) is 0.257. The number of ether oxygens (including phenoxy) is 3. The first kappa shape index (κ1) is 28.1. The Balaban J connectivity index is 1.90. The van der Waals surface area contributed by atoms with Crippen molar-refractivity contribution >= 4 is 46.0 Å². The minimum Gasteiger partial charge on any atom is -0.490 e. The Morgan fingerprint density at radius 3 is 2.50 bits per heavy atom. The number of nitrogens with zero attached hydrogens (tertiary/aromatic N) is 2. The lowest BCUT2D eigenvalue weighted by Gasteiger charge is -2.24. The molecular formula is C29H31IN2O5S. The second-order valence-corrected chi connectivity index (χ2v) is 11.3. The molecule has 0 bridgehead atoms. The number of carbonyl (C=O) groups is 1. The van der Waals surface area contributed by atoms with E-state index < -0.39 is 12.0 Å². The fourth-order valence-electron chi connectivity index (χ4n) is 4.29. The minimum atomic E-state index is -0.631. The molecule has 0 saturated heterocycles. The summed E-state index contributed by atoms with van der Waals surface area (Å²) in [5.41, 5.74) is 3.42. The smallest absolute Gasteiger partial charge is 0.338 e. The first-order valence-electron chi connectivity index (χ1n) is 12.5. The number of hydrogen-bond donors (Lipinski definition) is 0. The Kier molecular flexibility index (Phi) is 8.77. The van der Waals surface area contributed by atoms with Crippen molar-refractivity contribution < 1.29 is 19.0 Å². The third kappa shape index (κ3) is 5.73. The number of carbonyl (C=O) groups excluding carboxylic acids is 1. The van der Waals surface area contributed by atoms with Crippen LogP contribution in [0.15, 0.2) is 57.5 Å². The van der Waals surface area contributed by atoms with Gasteiger partial charge in [0.1, 0.15) is 0 Å². The lowest BCUT2D eigenvalue weighted by molar-refractivity contribution is -0.139. The molecule has 0 spiro atoms. The van der Waals surface area contributed by atoms with Gasteiger partial charge in [-0.1, -0.05) is 41.2 Å². The van der Waals surface area contributed by atoms with Gasteiger partial charge in [0.2, 0.25) is 0 Å². The standard InChI is InChI=1S/C29H31IN2O5S/c1-7-35-22-14-19(13-21(30)26(22)37-16(3)4)15-23-27(33)32-25(20-11-9-17(5)10-12-20)24(28(34)36-8-2)18(6)31-29(32)38-23/h9-16,25H,7-8H2,1-6H3. The molecule has 7 nitrogen and oxygen atoms in total. The van der Waals surface area contributed by atoms with E-state index >= 15 is 0 Å². The van der Waals surface area contributed by atoms with E-state index in [1.807, 2.05) is 70.2 Å². The van der Waals surface area contributed by atoms with Crippen LogP contribution in [0.25, 0.3) is 6.08 Å². The Morgan fingerprint density at radius 2 is 1.87 bits per heavy atom. The molecule has 3 aromatic rings. The molecule has 38 heavy (non-hydrogen) atoms. The zero-order chi connectivity index (χ0) is 27.6. The molecule has 0 aliphatic carbocycles. The van der Waals surface area contributed by atoms with Gasteiger partial charge in [-0.25, -0.2) is 9.79 Å². The number of rotatable bonds is 8. The number of fused-ring (bicyclic) bond motifs is 1. The Hall–Kier alpha value is -2.92. The van der Waals surface area contributed by atoms with Crippen LogP contribution in [-0.4, -0.2) is 29.9 Å². The summed E-state index contributed by atoms with van der Waals surface area (Å²) in [6, 6.07) is 11.1. The van der Waals surface area contributed by atoms with E-state index in [9.17, 15) is 9.59 Å². The molecule has 0 saturated carbocycles. The van der Waals surface area contributed by atoms with Gasteiger partial charge in [-0.3, -0.25) is 9.36 Å². The number of thiazole rings is 1. The molecule has 1 aliphatic heterocycles. The monoisotopic (exact) mass is 646 g/mol. The maximum absolute atomic E-state index is 13.9. The normalized spacial score (nSPS) is 15.4. The highest BCUT2D eigenvalue weighted by Gasteiger charge is 2.33. The summed E-state index contributed by atoms with van der Waals surface area (Å²) in [6.07, 6.45) is 1.83. The van der Waals surface area contributed by atoms with Crippen LogP contribution in [0.5, 0.6) is 11.5 Å². The van der Waals surface area contributed by atoms with Crippen molar-refractivity contribution in [3.8, 4) is 11.5 Å². The molecular weight excluding hydrogens is 615 g/mol. The highest BCUT2D eigenvalue weighted by Crippen LogP contribution is 2.35. The summed E-state index contributed by atoms with van der Waals surface area (Å²) in [6.45, 7) is 12.1. The fraction of sp³-hybridized carbons (Fsp3) is 0.345. The topological polar surface area (TPSA) is 79.1 Å². The summed E-state index contributed by atoms with van der Waals surface area (Å²) in [7, 11) is 0. The molecule has 0 N–H and O–H groups in total. The molecule has 0 fully saturated rings. The maximum atomic E-state index is 13.9. The van der Waals surface area contributed by atoms with Gasteiger partial charge in [-0.05, 0) is 93.5 Å². The van der Waals surface area contributed by atoms with Crippen LogP contribution in [0.3, 0.4) is 0 Å². The Bertz CT molecular complexity index is 1570. The van der Waals surface area contributed by atoms with E-state index in [0.29, 0.717) is 38.7 Å². The van der Waals surface area contributed by atoms with Crippen LogP contribution < -0.4 is 24.4 Å². The second-order valence-electron chi connectivity index (χ2n) is 9.14. The summed E-state index contributed by atoms with van der Waals surface area (Å²) in [4.78, 5) is 32.1. The van der Waals surface area contributed by atoms with Gasteiger partial charge < -0.3 is 14.2 Å². The largest absolute Gasteiger partial charge is 0.490 e. The van der Waals surface area contributed by atoms with Gasteiger partial charge >= 0.3 is 5.97 Å². The molecule has 1 atom stereocenters. The molecule has 2 aromatic carbocycles. The van der Waals surface area contributed by atoms with E-state index in [1.165, 1.54) is 11.3 Å². The van der Waals surface area contributed by atoms with Crippen LogP contribution in [0.1, 0.15) is 57.4 Å². The summed E-state index contributed by atoms with van der Waals surface area (Å²) >= 11 is 3.52. The van der Waals surface area contributed by atoms with Crippen molar-refractivity contribution in [2.45, 2.75) is 53.7 Å². The highest BCUT2D eigenvalue weighted by atomic mass is 127. The van der Waals surface area contributed by atoms with Crippen molar-refractivity contribution in [3.05, 3.63) is 87.6 Å². The van der Waals surface area contributed by atoms with Crippen molar-refractivity contribution in [3.63, 3.8) is 0 Å². The molecule has 0 amide bonds. The number of aryl methyl sites for hydroxylation is 1. The predicted octanol–water partition coefficient (Wildman–Crippen LogP) is 4.90. The Labute approximate surface area is 239 Å². The lowest BCUT2D eigenvalue weighted by atomic mass is 9.95. The van der Waals surface area contributed by atoms with Gasteiger partial charge in [0.15, 0.2) is 16.3 Å². The molecule has 9 heteroatoms. The highest BCUT2D eigenvalue weighted by molar-refractivity contribution is 14.1. The van der Waals surface area contributed by atoms with Crippen LogP contribution in [-0.2, 0) is 9.53 Å². The van der Waals surface area contributed by atoms with Gasteiger partial charge in [0.25, 0.3) is 5.56 Å². The number of esters is 1. The Morgan fingerprint density at radius 1 is 1.16 bits per heavy atom. The molecule has 2 heterocycles. The van der Waals surface area contributed by atoms with Crippen LogP contribution in [0, 0.1) is 10.5 Å². The third-order valence-electron chi connectivity index (χ3n) is 5.89. The number of allylic oxidation sites excluding steroid dienone is 1. The zero-order valence-corrected chi connectivity index (χ0v) is 25.3. The molecule has 1 unspecified atom stereocenters. The van der Waals surface area contributed by atoms with Gasteiger partial charge in [0.05, 0.1) is 44.7 Å². The third-order valence-corrected chi connectivity index (χ3v) is 7.68.